The van der Waals surface area contributed by atoms with Gasteiger partial charge in [-0.05, 0) is 54.3 Å². The summed E-state index contributed by atoms with van der Waals surface area (Å²) in [7, 11) is 0. The molecule has 0 saturated heterocycles. The van der Waals surface area contributed by atoms with Crippen molar-refractivity contribution >= 4 is 77.6 Å². The summed E-state index contributed by atoms with van der Waals surface area (Å²) in [6, 6.07) is 0. The maximum Gasteiger partial charge on any atom is 0.313 e. The van der Waals surface area contributed by atoms with Crippen LogP contribution in [0, 0.1) is 17.8 Å². The maximum atomic E-state index is 10.2. The Morgan fingerprint density at radius 3 is 0.850 bits per heavy atom. The Morgan fingerprint density at radius 1 is 0.450 bits per heavy atom. The molecule has 3 N–H and O–H groups in total. The molecule has 0 aromatic heterocycles. The van der Waals surface area contributed by atoms with Gasteiger partial charge in [0.15, 0.2) is 0 Å². The molecule has 0 aliphatic carbocycles. The number of hydrogen-bond acceptors (Lipinski definition) is 6. The Hall–Kier alpha value is 0.278. The van der Waals surface area contributed by atoms with Crippen molar-refractivity contribution in [3.05, 3.63) is 0 Å². The molecule has 0 amide bonds. The molecule has 0 atom stereocenters. The van der Waals surface area contributed by atoms with Crippen molar-refractivity contribution in [2.45, 2.75) is 119 Å². The Bertz CT molecular complexity index is 487. The van der Waals surface area contributed by atoms with Crippen LogP contribution in [0.5, 0.6) is 0 Å². The van der Waals surface area contributed by atoms with E-state index < -0.39 is 17.9 Å². The monoisotopic (exact) mass is 733 g/mol. The van der Waals surface area contributed by atoms with Gasteiger partial charge in [0.05, 0.1) is 17.3 Å². The van der Waals surface area contributed by atoms with Crippen LogP contribution in [0.3, 0.4) is 0 Å². The fourth-order valence-corrected chi connectivity index (χ4v) is 5.46. The smallest absolute Gasteiger partial charge is 0.313 e. The van der Waals surface area contributed by atoms with Gasteiger partial charge < -0.3 is 15.3 Å². The molecule has 6 nitrogen and oxygen atoms in total. The summed E-state index contributed by atoms with van der Waals surface area (Å²) in [5, 5.41) is 25.1. The first-order valence-electron chi connectivity index (χ1n) is 14.8. The number of thioether (sulfide) groups is 3. The predicted molar refractivity (Wildman–Crippen MR) is 181 cm³/mol. The van der Waals surface area contributed by atoms with E-state index in [0.29, 0.717) is 0 Å². The number of hydrogen-bond donors (Lipinski definition) is 3. The van der Waals surface area contributed by atoms with Crippen LogP contribution < -0.4 is 0 Å². The van der Waals surface area contributed by atoms with E-state index in [1.54, 1.807) is 0 Å². The molecule has 0 bridgehead atoms. The summed E-state index contributed by atoms with van der Waals surface area (Å²) in [4.78, 5) is 30.5. The number of unbranched alkanes of at least 4 members (excludes halogenated alkanes) is 6. The van der Waals surface area contributed by atoms with E-state index in [0.717, 1.165) is 54.3 Å². The quantitative estimate of drug-likeness (QED) is 0.0663. The summed E-state index contributed by atoms with van der Waals surface area (Å²) in [6.45, 7) is 13.4. The zero-order valence-corrected chi connectivity index (χ0v) is 31.2. The molecule has 0 spiro atoms. The molecule has 10 heteroatoms. The van der Waals surface area contributed by atoms with Gasteiger partial charge in [0.2, 0.25) is 0 Å². The van der Waals surface area contributed by atoms with E-state index in [9.17, 15) is 14.4 Å². The minimum atomic E-state index is -0.702. The number of carboxylic acid groups (broad SMARTS) is 3. The van der Waals surface area contributed by atoms with Gasteiger partial charge in [-0.1, -0.05) is 99.3 Å². The number of carboxylic acids is 3. The van der Waals surface area contributed by atoms with Crippen LogP contribution in [-0.4, -0.2) is 92.2 Å². The molecule has 0 saturated carbocycles. The maximum absolute atomic E-state index is 10.2. The van der Waals surface area contributed by atoms with Crippen molar-refractivity contribution in [3.8, 4) is 0 Å². The van der Waals surface area contributed by atoms with Crippen LogP contribution in [-0.2, 0) is 14.4 Å². The summed E-state index contributed by atoms with van der Waals surface area (Å²) >= 11 is 4.56. The summed E-state index contributed by atoms with van der Waals surface area (Å²) in [6.07, 6.45) is 14.9. The molecular weight excluding hydrogens is 674 g/mol. The molecule has 0 aliphatic rings. The van der Waals surface area contributed by atoms with Crippen LogP contribution in [0.1, 0.15) is 119 Å². The van der Waals surface area contributed by atoms with Gasteiger partial charge in [-0.15, -0.1) is 0 Å². The molecule has 239 valence electrons. The van der Waals surface area contributed by atoms with Gasteiger partial charge in [-0.25, -0.2) is 0 Å². The Kier molecular flexibility index (Phi) is 44.0. The van der Waals surface area contributed by atoms with Gasteiger partial charge in [0.1, 0.15) is 0 Å². The van der Waals surface area contributed by atoms with Gasteiger partial charge in [0.25, 0.3) is 0 Å². The molecule has 0 aliphatic heterocycles. The second kappa shape index (κ2) is 37.3. The van der Waals surface area contributed by atoms with E-state index in [-0.39, 0.29) is 41.7 Å². The van der Waals surface area contributed by atoms with E-state index in [2.05, 4.69) is 41.5 Å². The van der Waals surface area contributed by atoms with Crippen molar-refractivity contribution in [1.29, 1.82) is 0 Å². The third kappa shape index (κ3) is 58.0. The molecule has 0 aromatic carbocycles. The van der Waals surface area contributed by atoms with Crippen LogP contribution in [0.15, 0.2) is 0 Å². The molecule has 0 fully saturated rings. The van der Waals surface area contributed by atoms with Crippen LogP contribution in [0.4, 0.5) is 0 Å². The van der Waals surface area contributed by atoms with Crippen molar-refractivity contribution in [2.24, 2.45) is 17.8 Å². The van der Waals surface area contributed by atoms with E-state index >= 15 is 0 Å². The zero-order valence-electron chi connectivity index (χ0n) is 26.2. The summed E-state index contributed by atoms with van der Waals surface area (Å²) < 4.78 is 0. The number of rotatable bonds is 24. The summed E-state index contributed by atoms with van der Waals surface area (Å²) in [5.41, 5.74) is 0. The van der Waals surface area contributed by atoms with E-state index in [4.69, 9.17) is 15.3 Å². The second-order valence-electron chi connectivity index (χ2n) is 11.1. The van der Waals surface area contributed by atoms with Gasteiger partial charge in [-0.3, -0.25) is 14.4 Å². The molecule has 0 aromatic rings. The van der Waals surface area contributed by atoms with E-state index in [1.807, 2.05) is 0 Å². The standard InChI is InChI=1S/3C10H20O2S.Sb/c3*1-9(2)6-4-3-5-7-13-8-10(11)12;/h3*9H,3-8H2,1-2H3,(H,11,12);. The second-order valence-corrected chi connectivity index (χ2v) is 14.4. The minimum absolute atomic E-state index is 0. The average molecular weight is 735 g/mol. The van der Waals surface area contributed by atoms with Crippen molar-refractivity contribution in [3.63, 3.8) is 0 Å². The number of carbonyl (C=O) groups is 3. The fraction of sp³-hybridized carbons (Fsp3) is 0.900. The van der Waals surface area contributed by atoms with Crippen LogP contribution in [0.25, 0.3) is 0 Å². The van der Waals surface area contributed by atoms with Crippen molar-refractivity contribution in [1.82, 2.24) is 0 Å². The zero-order chi connectivity index (χ0) is 30.3. The Morgan fingerprint density at radius 2 is 0.675 bits per heavy atom. The van der Waals surface area contributed by atoms with Crippen LogP contribution >= 0.6 is 35.3 Å². The summed E-state index contributed by atoms with van der Waals surface area (Å²) in [5.74, 6) is 4.02. The topological polar surface area (TPSA) is 112 Å². The first kappa shape index (κ1) is 47.2. The fourth-order valence-electron chi connectivity index (χ4n) is 3.28. The molecule has 0 heterocycles. The molecule has 0 rings (SSSR count). The normalized spacial score (nSPS) is 10.4. The third-order valence-electron chi connectivity index (χ3n) is 5.39. The van der Waals surface area contributed by atoms with E-state index in [1.165, 1.54) is 93.1 Å². The van der Waals surface area contributed by atoms with Crippen molar-refractivity contribution < 1.29 is 29.7 Å². The minimum Gasteiger partial charge on any atom is -0.481 e. The first-order chi connectivity index (χ1) is 18.4. The van der Waals surface area contributed by atoms with Gasteiger partial charge in [0, 0.05) is 24.4 Å². The average Bonchev–Trinajstić information content (AvgIpc) is 2.82. The predicted octanol–water partition coefficient (Wildman–Crippen LogP) is 8.68. The largest absolute Gasteiger partial charge is 0.481 e. The first-order valence-corrected chi connectivity index (χ1v) is 18.2. The van der Waals surface area contributed by atoms with Gasteiger partial charge >= 0.3 is 17.9 Å². The molecule has 0 unspecified atom stereocenters. The van der Waals surface area contributed by atoms with Gasteiger partial charge in [-0.2, -0.15) is 35.3 Å². The molecule has 40 heavy (non-hydrogen) atoms. The molecule has 3 radical (unpaired) electrons. The third-order valence-corrected chi connectivity index (χ3v) is 8.47. The Labute approximate surface area is 276 Å². The Balaban J connectivity index is -0.000000240. The van der Waals surface area contributed by atoms with Crippen LogP contribution in [0.2, 0.25) is 0 Å². The SMILES string of the molecule is CC(C)CCCCCSCC(=O)O.CC(C)CCCCCSCC(=O)O.CC(C)CCCCCSCC(=O)O.[Sb]. The van der Waals surface area contributed by atoms with Crippen molar-refractivity contribution in [2.75, 3.05) is 34.5 Å². The number of aliphatic carboxylic acids is 3. The molecular formula is C30H60O6S3Sb.